The summed E-state index contributed by atoms with van der Waals surface area (Å²) in [6.45, 7) is 6.88. The average Bonchev–Trinajstić information content (AvgIpc) is 3.47. The minimum absolute atomic E-state index is 0.0520. The molecule has 4 aliphatic carbocycles. The van der Waals surface area contributed by atoms with E-state index in [0.717, 1.165) is 44.9 Å². The summed E-state index contributed by atoms with van der Waals surface area (Å²) in [5.41, 5.74) is -0.991. The average molecular weight is 395 g/mol. The van der Waals surface area contributed by atoms with Crippen molar-refractivity contribution in [2.24, 2.45) is 28.6 Å². The Balaban J connectivity index is 1.39. The number of halogens is 1. The number of Topliss-reactive ketones (excluding diaryl/α,β-unsaturated/α-hetero) is 1. The van der Waals surface area contributed by atoms with Gasteiger partial charge in [-0.25, -0.2) is 0 Å². The SMILES string of the molecule is C[C@@]12C[C@H]3[C@@H]4CC5OC56C[C@@H](O)CC[C@]6(C)[C@H]4CC[C@]3(C)[C@]1(C(=O)CCl)O2. The van der Waals surface area contributed by atoms with E-state index in [1.165, 1.54) is 0 Å². The Bertz CT molecular complexity index is 742. The number of carbonyl (C=O) groups is 1. The normalized spacial score (nSPS) is 65.3. The molecule has 4 nitrogen and oxygen atoms in total. The molecule has 0 aromatic rings. The van der Waals surface area contributed by atoms with Gasteiger partial charge in [0, 0.05) is 17.3 Å². The molecule has 4 saturated carbocycles. The highest BCUT2D eigenvalue weighted by Gasteiger charge is 2.87. The summed E-state index contributed by atoms with van der Waals surface area (Å²) in [4.78, 5) is 12.9. The molecule has 2 aliphatic heterocycles. The van der Waals surface area contributed by atoms with E-state index in [0.29, 0.717) is 23.9 Å². The molecule has 150 valence electrons. The lowest BCUT2D eigenvalue weighted by molar-refractivity contribution is -0.145. The first-order chi connectivity index (χ1) is 12.7. The Kier molecular flexibility index (Phi) is 3.12. The number of rotatable bonds is 2. The number of fused-ring (bicyclic) bond motifs is 6. The molecule has 0 radical (unpaired) electrons. The quantitative estimate of drug-likeness (QED) is 0.575. The Labute approximate surface area is 166 Å². The second-order valence-electron chi connectivity index (χ2n) is 11.2. The van der Waals surface area contributed by atoms with Gasteiger partial charge in [-0.2, -0.15) is 0 Å². The molecule has 0 amide bonds. The summed E-state index contributed by atoms with van der Waals surface area (Å²) >= 11 is 6.02. The predicted molar refractivity (Wildman–Crippen MR) is 101 cm³/mol. The van der Waals surface area contributed by atoms with E-state index >= 15 is 0 Å². The number of carbonyl (C=O) groups excluding carboxylic acids is 1. The molecule has 0 bridgehead atoms. The van der Waals surface area contributed by atoms with Crippen molar-refractivity contribution >= 4 is 17.4 Å². The number of epoxide rings is 2. The molecule has 2 unspecified atom stereocenters. The molecule has 6 rings (SSSR count). The van der Waals surface area contributed by atoms with Crippen molar-refractivity contribution in [3.63, 3.8) is 0 Å². The van der Waals surface area contributed by atoms with Gasteiger partial charge in [0.1, 0.15) is 11.2 Å². The summed E-state index contributed by atoms with van der Waals surface area (Å²) in [6, 6.07) is 0. The molecule has 1 N–H and O–H groups in total. The van der Waals surface area contributed by atoms with Crippen LogP contribution in [0.5, 0.6) is 0 Å². The van der Waals surface area contributed by atoms with Crippen molar-refractivity contribution < 1.29 is 19.4 Å². The Morgan fingerprint density at radius 3 is 2.59 bits per heavy atom. The lowest BCUT2D eigenvalue weighted by Crippen LogP contribution is -2.60. The van der Waals surface area contributed by atoms with Crippen molar-refractivity contribution in [3.05, 3.63) is 0 Å². The summed E-state index contributed by atoms with van der Waals surface area (Å²) in [5, 5.41) is 10.3. The zero-order valence-electron chi connectivity index (χ0n) is 16.6. The largest absolute Gasteiger partial charge is 0.393 e. The smallest absolute Gasteiger partial charge is 0.182 e. The van der Waals surface area contributed by atoms with Crippen molar-refractivity contribution in [2.75, 3.05) is 5.88 Å². The first-order valence-electron chi connectivity index (χ1n) is 10.8. The maximum Gasteiger partial charge on any atom is 0.182 e. The minimum Gasteiger partial charge on any atom is -0.393 e. The number of alkyl halides is 1. The molecule has 10 atom stereocenters. The third-order valence-electron chi connectivity index (χ3n) is 10.5. The van der Waals surface area contributed by atoms with Gasteiger partial charge in [-0.05, 0) is 63.2 Å². The number of ether oxygens (including phenoxy) is 2. The topological polar surface area (TPSA) is 62.4 Å². The van der Waals surface area contributed by atoms with Crippen LogP contribution in [0.25, 0.3) is 0 Å². The van der Waals surface area contributed by atoms with Gasteiger partial charge in [-0.15, -0.1) is 11.6 Å². The van der Waals surface area contributed by atoms with E-state index in [1.807, 2.05) is 0 Å². The highest BCUT2D eigenvalue weighted by atomic mass is 35.5. The molecule has 5 heteroatoms. The molecular weight excluding hydrogens is 364 g/mol. The lowest BCUT2D eigenvalue weighted by atomic mass is 9.44. The van der Waals surface area contributed by atoms with Crippen LogP contribution >= 0.6 is 11.6 Å². The van der Waals surface area contributed by atoms with Crippen molar-refractivity contribution in [2.45, 2.75) is 94.7 Å². The number of aliphatic hydroxyl groups is 1. The van der Waals surface area contributed by atoms with Gasteiger partial charge in [-0.3, -0.25) is 4.79 Å². The Hall–Kier alpha value is -0.160. The van der Waals surface area contributed by atoms with Gasteiger partial charge in [0.25, 0.3) is 0 Å². The molecule has 1 spiro atoms. The zero-order chi connectivity index (χ0) is 19.0. The molecule has 6 aliphatic rings. The van der Waals surface area contributed by atoms with Crippen LogP contribution in [0.2, 0.25) is 0 Å². The highest BCUT2D eigenvalue weighted by molar-refractivity contribution is 6.29. The maximum atomic E-state index is 12.9. The first kappa shape index (κ1) is 17.7. The zero-order valence-corrected chi connectivity index (χ0v) is 17.3. The fourth-order valence-electron chi connectivity index (χ4n) is 9.19. The standard InChI is InChI=1S/C22H31ClO4/c1-18-6-4-12(24)9-21(18)17(26-21)8-13-14(18)5-7-19(2)15(13)10-20(3)22(19,27-20)16(25)11-23/h12-15,17,24H,4-11H2,1-3H3/t12-,13+,14-,15-,17?,18+,19-,20+,21?,22-/m0/s1. The third kappa shape index (κ3) is 1.67. The summed E-state index contributed by atoms with van der Waals surface area (Å²) in [7, 11) is 0. The predicted octanol–water partition coefficient (Wildman–Crippen LogP) is 3.47. The third-order valence-corrected chi connectivity index (χ3v) is 10.7. The fourth-order valence-corrected chi connectivity index (χ4v) is 9.38. The van der Waals surface area contributed by atoms with Gasteiger partial charge in [0.15, 0.2) is 11.4 Å². The minimum atomic E-state index is -0.653. The van der Waals surface area contributed by atoms with Crippen LogP contribution in [0.4, 0.5) is 0 Å². The first-order valence-corrected chi connectivity index (χ1v) is 11.4. The highest BCUT2D eigenvalue weighted by Crippen LogP contribution is 2.80. The van der Waals surface area contributed by atoms with Gasteiger partial charge in [-0.1, -0.05) is 13.8 Å². The number of aliphatic hydroxyl groups excluding tert-OH is 1. The van der Waals surface area contributed by atoms with E-state index in [-0.39, 0.29) is 39.8 Å². The molecular formula is C22H31ClO4. The Morgan fingerprint density at radius 2 is 1.85 bits per heavy atom. The van der Waals surface area contributed by atoms with Crippen LogP contribution in [-0.2, 0) is 14.3 Å². The summed E-state index contributed by atoms with van der Waals surface area (Å²) < 4.78 is 12.6. The van der Waals surface area contributed by atoms with Crippen LogP contribution in [-0.4, -0.2) is 45.8 Å². The van der Waals surface area contributed by atoms with Crippen LogP contribution < -0.4 is 0 Å². The summed E-state index contributed by atoms with van der Waals surface area (Å²) in [5.74, 6) is 1.88. The van der Waals surface area contributed by atoms with Gasteiger partial charge in [0.05, 0.1) is 18.1 Å². The second kappa shape index (κ2) is 4.77. The molecule has 2 heterocycles. The Morgan fingerprint density at radius 1 is 1.11 bits per heavy atom. The molecule has 0 aromatic heterocycles. The van der Waals surface area contributed by atoms with Crippen LogP contribution in [0.1, 0.15) is 65.7 Å². The maximum absolute atomic E-state index is 12.9. The summed E-state index contributed by atoms with van der Waals surface area (Å²) in [6.07, 6.45) is 7.11. The van der Waals surface area contributed by atoms with Gasteiger partial charge >= 0.3 is 0 Å². The molecule has 6 fully saturated rings. The number of hydrogen-bond acceptors (Lipinski definition) is 4. The van der Waals surface area contributed by atoms with Crippen LogP contribution in [0, 0.1) is 28.6 Å². The van der Waals surface area contributed by atoms with E-state index in [2.05, 4.69) is 20.8 Å². The van der Waals surface area contributed by atoms with E-state index in [9.17, 15) is 9.90 Å². The monoisotopic (exact) mass is 394 g/mol. The van der Waals surface area contributed by atoms with E-state index in [1.54, 1.807) is 0 Å². The molecule has 27 heavy (non-hydrogen) atoms. The fraction of sp³-hybridized carbons (Fsp3) is 0.955. The van der Waals surface area contributed by atoms with Crippen molar-refractivity contribution in [1.82, 2.24) is 0 Å². The van der Waals surface area contributed by atoms with Crippen LogP contribution in [0.15, 0.2) is 0 Å². The second-order valence-corrected chi connectivity index (χ2v) is 11.4. The number of ketones is 1. The van der Waals surface area contributed by atoms with Crippen molar-refractivity contribution in [3.8, 4) is 0 Å². The number of hydrogen-bond donors (Lipinski definition) is 1. The van der Waals surface area contributed by atoms with Crippen molar-refractivity contribution in [1.29, 1.82) is 0 Å². The van der Waals surface area contributed by atoms with E-state index < -0.39 is 5.60 Å². The lowest BCUT2D eigenvalue weighted by Gasteiger charge is -2.59. The molecule has 2 saturated heterocycles. The van der Waals surface area contributed by atoms with Gasteiger partial charge < -0.3 is 14.6 Å². The van der Waals surface area contributed by atoms with Crippen LogP contribution in [0.3, 0.4) is 0 Å². The molecule has 0 aromatic carbocycles. The van der Waals surface area contributed by atoms with Gasteiger partial charge in [0.2, 0.25) is 0 Å². The van der Waals surface area contributed by atoms with E-state index in [4.69, 9.17) is 21.1 Å².